The van der Waals surface area contributed by atoms with Crippen LogP contribution in [-0.2, 0) is 0 Å². The molecule has 0 N–H and O–H groups in total. The van der Waals surface area contributed by atoms with E-state index in [4.69, 9.17) is 6.42 Å². The van der Waals surface area contributed by atoms with Gasteiger partial charge in [0.05, 0.1) is 5.52 Å². The Morgan fingerprint density at radius 1 is 1.36 bits per heavy atom. The highest BCUT2D eigenvalue weighted by Crippen LogP contribution is 2.20. The molecule has 1 aromatic carbocycles. The maximum absolute atomic E-state index is 6.87. The number of hydrogen-bond donors (Lipinski definition) is 0. The van der Waals surface area contributed by atoms with E-state index in [1.54, 1.807) is 0 Å². The minimum atomic E-state index is 0.645. The van der Waals surface area contributed by atoms with Gasteiger partial charge in [0, 0.05) is 9.71 Å². The van der Waals surface area contributed by atoms with Gasteiger partial charge in [-0.25, -0.2) is 11.3 Å². The predicted molar refractivity (Wildman–Crippen MR) is 45.9 cm³/mol. The molecule has 1 heterocycles. The number of rotatable bonds is 0. The maximum atomic E-state index is 6.87. The van der Waals surface area contributed by atoms with Crippen molar-refractivity contribution in [1.82, 2.24) is 4.98 Å². The summed E-state index contributed by atoms with van der Waals surface area (Å²) in [6.45, 7) is 0. The number of nitrogens with zero attached hydrogens (tertiary/aromatic N) is 1. The van der Waals surface area contributed by atoms with E-state index < -0.39 is 0 Å². The van der Waals surface area contributed by atoms with E-state index in [1.165, 1.54) is 11.3 Å². The lowest BCUT2D eigenvalue weighted by atomic mass is 10.3. The highest BCUT2D eigenvalue weighted by Gasteiger charge is 1.91. The van der Waals surface area contributed by atoms with Gasteiger partial charge in [0.1, 0.15) is 0 Å². The Kier molecular flexibility index (Phi) is 1.38. The highest BCUT2D eigenvalue weighted by atomic mass is 32.1. The van der Waals surface area contributed by atoms with Crippen molar-refractivity contribution in [3.05, 3.63) is 35.7 Å². The number of fused-ring (bicyclic) bond motifs is 1. The molecule has 0 atom stereocenters. The SMILES string of the molecule is [C-]#Cc1nc2ccccc2s1. The molecule has 1 nitrogen and oxygen atoms in total. The van der Waals surface area contributed by atoms with Crippen molar-refractivity contribution in [2.45, 2.75) is 0 Å². The Balaban J connectivity index is 2.81. The van der Waals surface area contributed by atoms with Gasteiger partial charge >= 0.3 is 0 Å². The third-order valence-electron chi connectivity index (χ3n) is 1.40. The Morgan fingerprint density at radius 3 is 2.91 bits per heavy atom. The third kappa shape index (κ3) is 0.997. The minimum Gasteiger partial charge on any atom is -0.364 e. The Morgan fingerprint density at radius 2 is 2.18 bits per heavy atom. The normalized spacial score (nSPS) is 9.73. The first kappa shape index (κ1) is 6.38. The first-order valence-corrected chi connectivity index (χ1v) is 4.00. The summed E-state index contributed by atoms with van der Waals surface area (Å²) in [5, 5.41) is 0.645. The molecule has 0 aliphatic rings. The Labute approximate surface area is 68.7 Å². The zero-order chi connectivity index (χ0) is 7.68. The van der Waals surface area contributed by atoms with Gasteiger partial charge in [-0.1, -0.05) is 12.1 Å². The molecule has 0 saturated heterocycles. The van der Waals surface area contributed by atoms with Crippen LogP contribution in [0, 0.1) is 12.3 Å². The zero-order valence-corrected chi connectivity index (χ0v) is 6.48. The molecule has 11 heavy (non-hydrogen) atoms. The van der Waals surface area contributed by atoms with Crippen LogP contribution in [0.5, 0.6) is 0 Å². The first-order chi connectivity index (χ1) is 5.40. The van der Waals surface area contributed by atoms with Crippen LogP contribution < -0.4 is 0 Å². The molecule has 0 unspecified atom stereocenters. The summed E-state index contributed by atoms with van der Waals surface area (Å²) in [6.07, 6.45) is 6.87. The average molecular weight is 158 g/mol. The van der Waals surface area contributed by atoms with E-state index in [0.29, 0.717) is 5.01 Å². The topological polar surface area (TPSA) is 12.9 Å². The lowest BCUT2D eigenvalue weighted by molar-refractivity contribution is 1.45. The molecule has 0 spiro atoms. The number of para-hydroxylation sites is 1. The van der Waals surface area contributed by atoms with Crippen molar-refractivity contribution in [1.29, 1.82) is 0 Å². The lowest BCUT2D eigenvalue weighted by Gasteiger charge is -1.83. The molecule has 1 aromatic heterocycles. The quantitative estimate of drug-likeness (QED) is 0.423. The fourth-order valence-electron chi connectivity index (χ4n) is 0.926. The van der Waals surface area contributed by atoms with Crippen LogP contribution in [0.1, 0.15) is 5.01 Å². The molecular weight excluding hydrogens is 154 g/mol. The molecule has 0 fully saturated rings. The van der Waals surface area contributed by atoms with E-state index >= 15 is 0 Å². The maximum Gasteiger partial charge on any atom is 0.0598 e. The van der Waals surface area contributed by atoms with E-state index in [9.17, 15) is 0 Å². The Hall–Kier alpha value is -1.33. The van der Waals surface area contributed by atoms with Gasteiger partial charge in [0.25, 0.3) is 0 Å². The molecule has 2 heteroatoms. The van der Waals surface area contributed by atoms with Gasteiger partial charge in [-0.15, -0.1) is 0 Å². The van der Waals surface area contributed by atoms with Gasteiger partial charge in [-0.05, 0) is 12.1 Å². The summed E-state index contributed by atoms with van der Waals surface area (Å²) >= 11 is 1.49. The highest BCUT2D eigenvalue weighted by molar-refractivity contribution is 7.19. The van der Waals surface area contributed by atoms with Gasteiger partial charge in [-0.3, -0.25) is 5.92 Å². The van der Waals surface area contributed by atoms with Crippen LogP contribution in [0.4, 0.5) is 0 Å². The largest absolute Gasteiger partial charge is 0.364 e. The van der Waals surface area contributed by atoms with Crippen molar-refractivity contribution in [2.75, 3.05) is 0 Å². The second-order valence-corrected chi connectivity index (χ2v) is 3.14. The van der Waals surface area contributed by atoms with Crippen LogP contribution >= 0.6 is 11.3 Å². The number of benzene rings is 1. The second kappa shape index (κ2) is 2.37. The molecule has 0 amide bonds. The average Bonchev–Trinajstić information content (AvgIpc) is 2.46. The van der Waals surface area contributed by atoms with Crippen molar-refractivity contribution in [2.24, 2.45) is 0 Å². The zero-order valence-electron chi connectivity index (χ0n) is 5.66. The van der Waals surface area contributed by atoms with Gasteiger partial charge in [-0.2, -0.15) is 0 Å². The van der Waals surface area contributed by atoms with E-state index in [0.717, 1.165) is 10.2 Å². The summed E-state index contributed by atoms with van der Waals surface area (Å²) in [7, 11) is 0. The number of aromatic nitrogens is 1. The molecule has 0 aliphatic carbocycles. The van der Waals surface area contributed by atoms with Crippen LogP contribution in [0.15, 0.2) is 24.3 Å². The molecule has 0 radical (unpaired) electrons. The van der Waals surface area contributed by atoms with Gasteiger partial charge in [0.15, 0.2) is 0 Å². The fourth-order valence-corrected chi connectivity index (χ4v) is 1.69. The molecule has 0 aliphatic heterocycles. The van der Waals surface area contributed by atoms with E-state index in [-0.39, 0.29) is 0 Å². The molecule has 2 aromatic rings. The van der Waals surface area contributed by atoms with Crippen LogP contribution in [0.2, 0.25) is 0 Å². The Bertz CT molecular complexity index is 389. The summed E-state index contributed by atoms with van der Waals surface area (Å²) < 4.78 is 1.11. The lowest BCUT2D eigenvalue weighted by Crippen LogP contribution is -1.66. The third-order valence-corrected chi connectivity index (χ3v) is 2.35. The monoisotopic (exact) mass is 158 g/mol. The fraction of sp³-hybridized carbons (Fsp3) is 0. The van der Waals surface area contributed by atoms with Crippen molar-refractivity contribution >= 4 is 21.6 Å². The van der Waals surface area contributed by atoms with Crippen LogP contribution in [0.25, 0.3) is 10.2 Å². The van der Waals surface area contributed by atoms with E-state index in [2.05, 4.69) is 10.9 Å². The summed E-state index contributed by atoms with van der Waals surface area (Å²) in [4.78, 5) is 4.15. The van der Waals surface area contributed by atoms with Crippen molar-refractivity contribution < 1.29 is 0 Å². The first-order valence-electron chi connectivity index (χ1n) is 3.18. The van der Waals surface area contributed by atoms with Crippen molar-refractivity contribution in [3.8, 4) is 5.92 Å². The molecule has 52 valence electrons. The van der Waals surface area contributed by atoms with E-state index in [1.807, 2.05) is 24.3 Å². The number of thiazole rings is 1. The van der Waals surface area contributed by atoms with Crippen LogP contribution in [0.3, 0.4) is 0 Å². The molecule has 0 bridgehead atoms. The van der Waals surface area contributed by atoms with Gasteiger partial charge in [0.2, 0.25) is 0 Å². The molecule has 0 saturated carbocycles. The molecule has 2 rings (SSSR count). The molecular formula is C9H4NS-. The van der Waals surface area contributed by atoms with Crippen LogP contribution in [-0.4, -0.2) is 4.98 Å². The number of hydrogen-bond acceptors (Lipinski definition) is 2. The predicted octanol–water partition coefficient (Wildman–Crippen LogP) is 2.23. The summed E-state index contributed by atoms with van der Waals surface area (Å²) in [5.74, 6) is 2.27. The van der Waals surface area contributed by atoms with Gasteiger partial charge < -0.3 is 11.4 Å². The summed E-state index contributed by atoms with van der Waals surface area (Å²) in [6, 6.07) is 7.84. The summed E-state index contributed by atoms with van der Waals surface area (Å²) in [5.41, 5.74) is 0.951. The standard InChI is InChI=1S/C9H4NS/c1-2-9-10-7-5-3-4-6-8(7)11-9/h3-6H/q-1. The second-order valence-electron chi connectivity index (χ2n) is 2.11. The minimum absolute atomic E-state index is 0.645. The smallest absolute Gasteiger partial charge is 0.0598 e. The van der Waals surface area contributed by atoms with Crippen molar-refractivity contribution in [3.63, 3.8) is 0 Å².